The van der Waals surface area contributed by atoms with Gasteiger partial charge >= 0.3 is 6.18 Å². The fourth-order valence-corrected chi connectivity index (χ4v) is 11.2. The summed E-state index contributed by atoms with van der Waals surface area (Å²) in [6.45, 7) is 10.5. The number of nitrogens with two attached hydrogens (primary N) is 1. The number of imidazole rings is 2. The van der Waals surface area contributed by atoms with E-state index in [1.54, 1.807) is 103 Å². The number of hydrogen-bond acceptors (Lipinski definition) is 14. The fraction of sp³-hybridized carbons (Fsp3) is 0.383. The van der Waals surface area contributed by atoms with Crippen LogP contribution in [0, 0.1) is 6.92 Å². The molecule has 6 aromatic heterocycles. The molecule has 0 aliphatic heterocycles. The number of Topliss-reactive ketones (excluding diaryl/α,β-unsaturated/α-hetero) is 2. The van der Waals surface area contributed by atoms with Gasteiger partial charge in [-0.15, -0.1) is 0 Å². The lowest BCUT2D eigenvalue weighted by atomic mass is 10.0. The van der Waals surface area contributed by atoms with E-state index in [-0.39, 0.29) is 44.5 Å². The molecule has 0 fully saturated rings. The average Bonchev–Trinajstić information content (AvgIpc) is 4.06. The van der Waals surface area contributed by atoms with Gasteiger partial charge in [0.25, 0.3) is 11.8 Å². The van der Waals surface area contributed by atoms with Crippen LogP contribution in [0.1, 0.15) is 101 Å². The third-order valence-corrected chi connectivity index (χ3v) is 15.6. The highest BCUT2D eigenvalue weighted by atomic mass is 33.1. The van der Waals surface area contributed by atoms with E-state index < -0.39 is 12.5 Å². The van der Waals surface area contributed by atoms with Gasteiger partial charge in [0.2, 0.25) is 12.1 Å². The molecule has 6 aromatic rings. The number of aryl methyl sites for hydroxylation is 5. The summed E-state index contributed by atoms with van der Waals surface area (Å²) in [6, 6.07) is 11.0. The number of halogens is 3. The van der Waals surface area contributed by atoms with Gasteiger partial charge in [-0.25, -0.2) is 19.9 Å². The van der Waals surface area contributed by atoms with Crippen LogP contribution >= 0.6 is 43.2 Å². The van der Waals surface area contributed by atoms with Gasteiger partial charge in [0.15, 0.2) is 17.4 Å². The van der Waals surface area contributed by atoms with Gasteiger partial charge in [-0.1, -0.05) is 43.2 Å². The Morgan fingerprint density at radius 3 is 1.36 bits per heavy atom. The Balaban J connectivity index is 0.000000273. The Morgan fingerprint density at radius 1 is 0.643 bits per heavy atom. The lowest BCUT2D eigenvalue weighted by molar-refractivity contribution is -0.156. The summed E-state index contributed by atoms with van der Waals surface area (Å²) in [5.41, 5.74) is 11.3. The number of anilines is 3. The Kier molecular flexibility index (Phi) is 20.2. The highest BCUT2D eigenvalue weighted by Gasteiger charge is 2.25. The predicted octanol–water partition coefficient (Wildman–Crippen LogP) is 10.3. The van der Waals surface area contributed by atoms with Crippen molar-refractivity contribution >= 4 is 90.3 Å². The Morgan fingerprint density at radius 2 is 1.04 bits per heavy atom. The van der Waals surface area contributed by atoms with Gasteiger partial charge in [0.1, 0.15) is 17.5 Å². The normalized spacial score (nSPS) is 11.5. The monoisotopic (exact) mass is 1040 g/mol. The first-order valence-electron chi connectivity index (χ1n) is 21.5. The van der Waals surface area contributed by atoms with E-state index in [9.17, 15) is 32.3 Å². The molecule has 4 N–H and O–H groups in total. The van der Waals surface area contributed by atoms with Crippen molar-refractivity contribution in [3.63, 3.8) is 0 Å². The maximum atomic E-state index is 12.8. The molecule has 0 atom stereocenters. The minimum absolute atomic E-state index is 0.0495. The van der Waals surface area contributed by atoms with Gasteiger partial charge < -0.3 is 34.6 Å². The summed E-state index contributed by atoms with van der Waals surface area (Å²) in [4.78, 5) is 76.0. The Hall–Kier alpha value is -5.78. The number of carbonyl (C=O) groups excluding carboxylic acids is 5. The molecule has 2 amide bonds. The SMILES string of the molecule is CSSC(C)(C)CCC(=O)c1cc(-c2ccc(NC(=O)c3nc(C)cn3C)nc2)cn1C.CSSC(C)(C)CCC(=O)c1cc(-c2ccc(NC(=O)c3nc(N)cn3C)nc2)cn1C.O=CC(F)(F)F. The van der Waals surface area contributed by atoms with E-state index in [1.807, 2.05) is 66.8 Å². The zero-order chi connectivity index (χ0) is 52.1. The number of amides is 2. The number of nitrogens with zero attached hydrogens (tertiary/aromatic N) is 8. The van der Waals surface area contributed by atoms with Gasteiger partial charge in [0, 0.05) is 110 Å². The van der Waals surface area contributed by atoms with Crippen LogP contribution in [-0.4, -0.2) is 96.1 Å². The van der Waals surface area contributed by atoms with Crippen LogP contribution in [0.4, 0.5) is 30.6 Å². The largest absolute Gasteiger partial charge is 0.446 e. The van der Waals surface area contributed by atoms with Crippen molar-refractivity contribution in [2.45, 2.75) is 76.0 Å². The van der Waals surface area contributed by atoms with E-state index in [1.165, 1.54) is 0 Å². The van der Waals surface area contributed by atoms with Crippen LogP contribution < -0.4 is 16.4 Å². The molecular weight excluding hydrogens is 984 g/mol. The number of nitrogen functional groups attached to an aromatic ring is 1. The van der Waals surface area contributed by atoms with Crippen LogP contribution in [0.15, 0.2) is 73.6 Å². The molecule has 0 unspecified atom stereocenters. The van der Waals surface area contributed by atoms with E-state index in [2.05, 4.69) is 70.8 Å². The predicted molar refractivity (Wildman–Crippen MR) is 278 cm³/mol. The molecular formula is C47H58F3N11O5S4. The van der Waals surface area contributed by atoms with Crippen molar-refractivity contribution in [1.29, 1.82) is 0 Å². The number of rotatable bonds is 18. The zero-order valence-corrected chi connectivity index (χ0v) is 44.1. The second kappa shape index (κ2) is 24.9. The number of pyridine rings is 2. The smallest absolute Gasteiger partial charge is 0.382 e. The van der Waals surface area contributed by atoms with E-state index in [0.717, 1.165) is 40.8 Å². The molecule has 0 aliphatic rings. The minimum atomic E-state index is -4.64. The number of alkyl halides is 3. The standard InChI is InChI=1S/C23H29N5O2S2.C22H28N6O2S2.C2HF3O/c1-15-13-28(5)21(25-15)22(30)26-20-8-7-16(12-24-20)17-11-18(27(4)14-17)19(29)9-10-23(2,3)32-31-6;1-22(2,32-31-5)9-8-17(29)16-10-15(12-27(16)3)14-6-7-19(24-11-14)26-21(30)20-25-18(23)13-28(20)4;3-2(4,5)1-6/h7-8,11-14H,9-10H2,1-6H3,(H,24,26,30);6-7,10-13H,8-9,23H2,1-5H3,(H,24,26,30);1H. The molecule has 23 heteroatoms. The van der Waals surface area contributed by atoms with Gasteiger partial charge in [-0.05, 0) is 96.4 Å². The second-order valence-corrected chi connectivity index (χ2v) is 23.4. The summed E-state index contributed by atoms with van der Waals surface area (Å²) >= 11 is 0. The van der Waals surface area contributed by atoms with Crippen LogP contribution in [-0.2, 0) is 33.0 Å². The van der Waals surface area contributed by atoms with Crippen LogP contribution in [0.2, 0.25) is 0 Å². The van der Waals surface area contributed by atoms with Crippen molar-refractivity contribution in [1.82, 2.24) is 38.2 Å². The molecule has 0 saturated carbocycles. The Labute approximate surface area is 421 Å². The zero-order valence-electron chi connectivity index (χ0n) is 40.8. The molecule has 0 aliphatic carbocycles. The molecule has 0 radical (unpaired) electrons. The van der Waals surface area contributed by atoms with Gasteiger partial charge in [-0.3, -0.25) is 24.0 Å². The topological polar surface area (TPSA) is 207 Å². The van der Waals surface area contributed by atoms with E-state index in [4.69, 9.17) is 10.5 Å². The summed E-state index contributed by atoms with van der Waals surface area (Å²) < 4.78 is 38.3. The number of aromatic nitrogens is 8. The van der Waals surface area contributed by atoms with E-state index in [0.29, 0.717) is 41.7 Å². The first-order chi connectivity index (χ1) is 32.7. The molecule has 70 heavy (non-hydrogen) atoms. The summed E-state index contributed by atoms with van der Waals surface area (Å²) in [5.74, 6) is 1.23. The molecule has 0 bridgehead atoms. The summed E-state index contributed by atoms with van der Waals surface area (Å²) in [6.07, 6.45) is 11.6. The van der Waals surface area contributed by atoms with Crippen molar-refractivity contribution < 1.29 is 37.1 Å². The minimum Gasteiger partial charge on any atom is -0.382 e. The summed E-state index contributed by atoms with van der Waals surface area (Å²) in [5, 5.41) is 5.49. The summed E-state index contributed by atoms with van der Waals surface area (Å²) in [7, 11) is 14.3. The lowest BCUT2D eigenvalue weighted by Gasteiger charge is -2.21. The Bertz CT molecular complexity index is 2580. The van der Waals surface area contributed by atoms with Crippen LogP contribution in [0.3, 0.4) is 0 Å². The van der Waals surface area contributed by atoms with Gasteiger partial charge in [-0.2, -0.15) is 13.2 Å². The van der Waals surface area contributed by atoms with Crippen molar-refractivity contribution in [2.75, 3.05) is 28.9 Å². The third-order valence-electron chi connectivity index (χ3n) is 10.2. The van der Waals surface area contributed by atoms with Crippen LogP contribution in [0.25, 0.3) is 22.3 Å². The molecule has 0 spiro atoms. The number of carbonyl (C=O) groups is 5. The number of nitrogens with one attached hydrogen (secondary N) is 2. The number of ketones is 2. The number of hydrogen-bond donors (Lipinski definition) is 3. The molecule has 6 heterocycles. The maximum Gasteiger partial charge on any atom is 0.446 e. The quantitative estimate of drug-likeness (QED) is 0.0416. The second-order valence-electron chi connectivity index (χ2n) is 17.2. The first kappa shape index (κ1) is 56.8. The van der Waals surface area contributed by atoms with Crippen molar-refractivity contribution in [3.05, 3.63) is 102 Å². The third kappa shape index (κ3) is 17.0. The highest BCUT2D eigenvalue weighted by molar-refractivity contribution is 8.77. The van der Waals surface area contributed by atoms with Crippen molar-refractivity contribution in [3.8, 4) is 22.3 Å². The molecule has 376 valence electrons. The average molecular weight is 1040 g/mol. The maximum absolute atomic E-state index is 12.8. The molecule has 6 rings (SSSR count). The van der Waals surface area contributed by atoms with E-state index >= 15 is 0 Å². The molecule has 0 aromatic carbocycles. The van der Waals surface area contributed by atoms with Crippen LogP contribution in [0.5, 0.6) is 0 Å². The highest BCUT2D eigenvalue weighted by Crippen LogP contribution is 2.38. The van der Waals surface area contributed by atoms with Gasteiger partial charge in [0.05, 0.1) is 17.1 Å². The fourth-order valence-electron chi connectivity index (χ4n) is 6.77. The number of aldehydes is 1. The lowest BCUT2D eigenvalue weighted by Crippen LogP contribution is -2.17. The van der Waals surface area contributed by atoms with Crippen molar-refractivity contribution in [2.24, 2.45) is 28.2 Å². The first-order valence-corrected chi connectivity index (χ1v) is 26.6. The molecule has 0 saturated heterocycles. The molecule has 16 nitrogen and oxygen atoms in total.